The van der Waals surface area contributed by atoms with E-state index in [2.05, 4.69) is 31.0 Å². The van der Waals surface area contributed by atoms with Crippen LogP contribution in [0.2, 0.25) is 5.02 Å². The van der Waals surface area contributed by atoms with E-state index in [4.69, 9.17) is 17.3 Å². The van der Waals surface area contributed by atoms with Crippen molar-refractivity contribution in [3.8, 4) is 5.82 Å². The van der Waals surface area contributed by atoms with E-state index in [0.29, 0.717) is 21.1 Å². The Morgan fingerprint density at radius 1 is 1.47 bits per heavy atom. The summed E-state index contributed by atoms with van der Waals surface area (Å²) in [7, 11) is 0. The highest BCUT2D eigenvalue weighted by atomic mass is 79.9. The Balaban J connectivity index is 2.59. The first-order valence-corrected chi connectivity index (χ1v) is 5.25. The van der Waals surface area contributed by atoms with Crippen LogP contribution in [0.3, 0.4) is 0 Å². The number of rotatable bonds is 1. The van der Waals surface area contributed by atoms with Crippen molar-refractivity contribution in [2.75, 3.05) is 5.73 Å². The number of nitrogens with zero attached hydrogens (tertiary/aromatic N) is 4. The molecule has 0 saturated carbocycles. The molecule has 2 rings (SSSR count). The highest BCUT2D eigenvalue weighted by molar-refractivity contribution is 9.10. The van der Waals surface area contributed by atoms with Gasteiger partial charge < -0.3 is 5.73 Å². The summed E-state index contributed by atoms with van der Waals surface area (Å²) < 4.78 is 2.16. The molecule has 2 heterocycles. The second-order valence-electron chi connectivity index (χ2n) is 2.90. The topological polar surface area (TPSA) is 69.6 Å². The van der Waals surface area contributed by atoms with Crippen LogP contribution in [0, 0.1) is 6.92 Å². The zero-order valence-corrected chi connectivity index (χ0v) is 10.1. The van der Waals surface area contributed by atoms with Crippen LogP contribution in [0.1, 0.15) is 5.69 Å². The minimum Gasteiger partial charge on any atom is -0.383 e. The Labute approximate surface area is 99.4 Å². The fourth-order valence-electron chi connectivity index (χ4n) is 1.08. The molecule has 0 atom stereocenters. The number of hydrogen-bond donors (Lipinski definition) is 1. The maximum Gasteiger partial charge on any atom is 0.173 e. The second-order valence-corrected chi connectivity index (χ2v) is 4.10. The van der Waals surface area contributed by atoms with Gasteiger partial charge in [0.25, 0.3) is 0 Å². The number of halogens is 2. The van der Waals surface area contributed by atoms with Crippen molar-refractivity contribution in [2.24, 2.45) is 0 Å². The lowest BCUT2D eigenvalue weighted by atomic mass is 10.5. The average molecular weight is 289 g/mol. The molecule has 0 saturated heterocycles. The fourth-order valence-corrected chi connectivity index (χ4v) is 1.60. The predicted octanol–water partition coefficient (Wildman–Crippen LogP) is 1.97. The fraction of sp³-hybridized carbons (Fsp3) is 0.125. The standard InChI is InChI=1S/C8H7BrClN5/c1-4-5(10)2-15(14-4)8-6(9)7(11)12-3-13-8/h2-3H,1H3,(H2,11,12,13). The van der Waals surface area contributed by atoms with Gasteiger partial charge in [-0.15, -0.1) is 0 Å². The summed E-state index contributed by atoms with van der Waals surface area (Å²) in [6, 6.07) is 0. The number of aromatic nitrogens is 4. The molecule has 7 heteroatoms. The summed E-state index contributed by atoms with van der Waals surface area (Å²) in [4.78, 5) is 7.91. The number of nitrogens with two attached hydrogens (primary N) is 1. The van der Waals surface area contributed by atoms with Crippen molar-refractivity contribution in [2.45, 2.75) is 6.92 Å². The Morgan fingerprint density at radius 2 is 2.20 bits per heavy atom. The predicted molar refractivity (Wildman–Crippen MR) is 61.0 cm³/mol. The molecule has 2 aromatic heterocycles. The highest BCUT2D eigenvalue weighted by Gasteiger charge is 2.10. The van der Waals surface area contributed by atoms with Crippen molar-refractivity contribution in [1.29, 1.82) is 0 Å². The molecule has 0 amide bonds. The molecule has 0 aromatic carbocycles. The van der Waals surface area contributed by atoms with Gasteiger partial charge in [-0.05, 0) is 22.9 Å². The van der Waals surface area contributed by atoms with E-state index in [0.717, 1.165) is 5.69 Å². The number of nitrogen functional groups attached to an aromatic ring is 1. The third kappa shape index (κ3) is 1.82. The molecule has 0 bridgehead atoms. The normalized spacial score (nSPS) is 10.6. The molecule has 0 aliphatic rings. The molecule has 0 radical (unpaired) electrons. The van der Waals surface area contributed by atoms with Gasteiger partial charge in [-0.1, -0.05) is 11.6 Å². The van der Waals surface area contributed by atoms with Gasteiger partial charge in [-0.2, -0.15) is 5.10 Å². The molecule has 0 aliphatic carbocycles. The first-order valence-electron chi connectivity index (χ1n) is 4.07. The number of aryl methyl sites for hydroxylation is 1. The van der Waals surface area contributed by atoms with Crippen LogP contribution in [-0.4, -0.2) is 19.7 Å². The van der Waals surface area contributed by atoms with Gasteiger partial charge in [0, 0.05) is 0 Å². The van der Waals surface area contributed by atoms with Gasteiger partial charge in [0.2, 0.25) is 0 Å². The summed E-state index contributed by atoms with van der Waals surface area (Å²) in [6.45, 7) is 1.82. The van der Waals surface area contributed by atoms with Gasteiger partial charge >= 0.3 is 0 Å². The van der Waals surface area contributed by atoms with Gasteiger partial charge in [-0.3, -0.25) is 0 Å². The summed E-state index contributed by atoms with van der Waals surface area (Å²) >= 11 is 9.19. The third-order valence-corrected chi connectivity index (χ3v) is 2.99. The Hall–Kier alpha value is -1.14. The lowest BCUT2D eigenvalue weighted by Gasteiger charge is -2.03. The van der Waals surface area contributed by atoms with Gasteiger partial charge in [0.05, 0.1) is 16.9 Å². The second kappa shape index (κ2) is 3.79. The van der Waals surface area contributed by atoms with Crippen molar-refractivity contribution in [3.63, 3.8) is 0 Å². The van der Waals surface area contributed by atoms with Gasteiger partial charge in [-0.25, -0.2) is 14.6 Å². The Morgan fingerprint density at radius 3 is 2.80 bits per heavy atom. The van der Waals surface area contributed by atoms with Gasteiger partial charge in [0.15, 0.2) is 5.82 Å². The van der Waals surface area contributed by atoms with E-state index in [1.54, 1.807) is 10.9 Å². The minimum absolute atomic E-state index is 0.365. The largest absolute Gasteiger partial charge is 0.383 e. The van der Waals surface area contributed by atoms with E-state index >= 15 is 0 Å². The smallest absolute Gasteiger partial charge is 0.173 e. The summed E-state index contributed by atoms with van der Waals surface area (Å²) in [5.74, 6) is 0.932. The highest BCUT2D eigenvalue weighted by Crippen LogP contribution is 2.24. The summed E-state index contributed by atoms with van der Waals surface area (Å²) in [5.41, 5.74) is 6.37. The molecule has 0 fully saturated rings. The lowest BCUT2D eigenvalue weighted by Crippen LogP contribution is -2.03. The maximum atomic E-state index is 5.90. The SMILES string of the molecule is Cc1nn(-c2ncnc(N)c2Br)cc1Cl. The monoisotopic (exact) mass is 287 g/mol. The first kappa shape index (κ1) is 10.4. The quantitative estimate of drug-likeness (QED) is 0.871. The molecular formula is C8H7BrClN5. The van der Waals surface area contributed by atoms with Crippen LogP contribution in [-0.2, 0) is 0 Å². The van der Waals surface area contributed by atoms with E-state index in [9.17, 15) is 0 Å². The Kier molecular flexibility index (Phi) is 2.62. The van der Waals surface area contributed by atoms with Crippen LogP contribution in [0.5, 0.6) is 0 Å². The molecule has 0 aliphatic heterocycles. The third-order valence-electron chi connectivity index (χ3n) is 1.85. The molecule has 15 heavy (non-hydrogen) atoms. The van der Waals surface area contributed by atoms with E-state index in [1.807, 2.05) is 6.92 Å². The van der Waals surface area contributed by atoms with E-state index < -0.39 is 0 Å². The maximum absolute atomic E-state index is 5.90. The Bertz CT molecular complexity index is 490. The molecule has 0 unspecified atom stereocenters. The van der Waals surface area contributed by atoms with E-state index in [-0.39, 0.29) is 0 Å². The number of hydrogen-bond acceptors (Lipinski definition) is 4. The van der Waals surface area contributed by atoms with Crippen LogP contribution in [0.25, 0.3) is 5.82 Å². The van der Waals surface area contributed by atoms with Crippen molar-refractivity contribution < 1.29 is 0 Å². The molecular weight excluding hydrogens is 281 g/mol. The van der Waals surface area contributed by atoms with E-state index in [1.165, 1.54) is 6.33 Å². The lowest BCUT2D eigenvalue weighted by molar-refractivity contribution is 0.822. The molecule has 2 N–H and O–H groups in total. The summed E-state index contributed by atoms with van der Waals surface area (Å²) in [6.07, 6.45) is 3.05. The zero-order valence-electron chi connectivity index (χ0n) is 7.78. The molecule has 2 aromatic rings. The van der Waals surface area contributed by atoms with Crippen LogP contribution < -0.4 is 5.73 Å². The zero-order chi connectivity index (χ0) is 11.0. The van der Waals surface area contributed by atoms with Crippen LogP contribution >= 0.6 is 27.5 Å². The average Bonchev–Trinajstić information content (AvgIpc) is 2.51. The summed E-state index contributed by atoms with van der Waals surface area (Å²) in [5, 5.41) is 4.77. The molecule has 0 spiro atoms. The van der Waals surface area contributed by atoms with Crippen molar-refractivity contribution in [1.82, 2.24) is 19.7 Å². The van der Waals surface area contributed by atoms with Crippen molar-refractivity contribution >= 4 is 33.3 Å². The molecule has 78 valence electrons. The number of anilines is 1. The van der Waals surface area contributed by atoms with Gasteiger partial charge in [0.1, 0.15) is 16.6 Å². The minimum atomic E-state index is 0.365. The van der Waals surface area contributed by atoms with Crippen LogP contribution in [0.4, 0.5) is 5.82 Å². The van der Waals surface area contributed by atoms with Crippen molar-refractivity contribution in [3.05, 3.63) is 27.7 Å². The van der Waals surface area contributed by atoms with Crippen LogP contribution in [0.15, 0.2) is 17.0 Å². The first-order chi connectivity index (χ1) is 7.09. The molecule has 5 nitrogen and oxygen atoms in total.